The molecular weight excluding hydrogens is 210 g/mol. The van der Waals surface area contributed by atoms with Crippen LogP contribution in [-0.2, 0) is 11.2 Å². The van der Waals surface area contributed by atoms with Gasteiger partial charge in [-0.15, -0.1) is 0 Å². The molecule has 1 rings (SSSR count). The van der Waals surface area contributed by atoms with Crippen molar-refractivity contribution in [3.8, 4) is 0 Å². The zero-order valence-corrected chi connectivity index (χ0v) is 11.3. The molecule has 0 aliphatic carbocycles. The van der Waals surface area contributed by atoms with Gasteiger partial charge < -0.3 is 5.73 Å². The zero-order valence-electron chi connectivity index (χ0n) is 11.3. The van der Waals surface area contributed by atoms with Gasteiger partial charge in [0.2, 0.25) is 0 Å². The number of Topliss-reactive ketones (excluding diaryl/α,β-unsaturated/α-hetero) is 1. The van der Waals surface area contributed by atoms with Gasteiger partial charge in [0.15, 0.2) is 5.78 Å². The van der Waals surface area contributed by atoms with E-state index in [1.54, 1.807) is 0 Å². The standard InChI is InChI=1S/C15H23NO/c1-5-8-15(4,16)14(17)10-13-9-11(2)6-7-12(13)3/h6-7,9H,5,8,10,16H2,1-4H3. The SMILES string of the molecule is CCCC(C)(N)C(=O)Cc1cc(C)ccc1C. The maximum absolute atomic E-state index is 12.2. The van der Waals surface area contributed by atoms with Crippen LogP contribution < -0.4 is 5.73 Å². The van der Waals surface area contributed by atoms with E-state index in [2.05, 4.69) is 25.1 Å². The van der Waals surface area contributed by atoms with Crippen molar-refractivity contribution in [2.45, 2.75) is 52.5 Å². The number of hydrogen-bond donors (Lipinski definition) is 1. The van der Waals surface area contributed by atoms with Crippen LogP contribution in [0.25, 0.3) is 0 Å². The number of ketones is 1. The third-order valence-corrected chi connectivity index (χ3v) is 3.26. The third kappa shape index (κ3) is 3.67. The van der Waals surface area contributed by atoms with Crippen LogP contribution in [0.5, 0.6) is 0 Å². The first kappa shape index (κ1) is 13.9. The summed E-state index contributed by atoms with van der Waals surface area (Å²) in [6.07, 6.45) is 2.13. The van der Waals surface area contributed by atoms with Crippen molar-refractivity contribution in [2.24, 2.45) is 5.73 Å². The summed E-state index contributed by atoms with van der Waals surface area (Å²) in [5.74, 6) is 0.132. The average Bonchev–Trinajstić information content (AvgIpc) is 2.23. The van der Waals surface area contributed by atoms with Crippen LogP contribution >= 0.6 is 0 Å². The molecule has 94 valence electrons. The lowest BCUT2D eigenvalue weighted by molar-refractivity contribution is -0.123. The van der Waals surface area contributed by atoms with E-state index in [1.807, 2.05) is 20.8 Å². The van der Waals surface area contributed by atoms with E-state index < -0.39 is 5.54 Å². The highest BCUT2D eigenvalue weighted by Crippen LogP contribution is 2.17. The molecule has 0 amide bonds. The highest BCUT2D eigenvalue weighted by atomic mass is 16.1. The summed E-state index contributed by atoms with van der Waals surface area (Å²) in [6.45, 7) is 7.97. The molecule has 0 aliphatic heterocycles. The fourth-order valence-electron chi connectivity index (χ4n) is 2.02. The molecule has 0 aliphatic rings. The predicted octanol–water partition coefficient (Wildman–Crippen LogP) is 2.93. The van der Waals surface area contributed by atoms with Gasteiger partial charge in [0.25, 0.3) is 0 Å². The van der Waals surface area contributed by atoms with Gasteiger partial charge >= 0.3 is 0 Å². The topological polar surface area (TPSA) is 43.1 Å². The van der Waals surface area contributed by atoms with Crippen LogP contribution in [-0.4, -0.2) is 11.3 Å². The number of aryl methyl sites for hydroxylation is 2. The molecule has 0 aromatic heterocycles. The van der Waals surface area contributed by atoms with Crippen LogP contribution in [0.15, 0.2) is 18.2 Å². The second-order valence-electron chi connectivity index (χ2n) is 5.20. The molecule has 0 fully saturated rings. The van der Waals surface area contributed by atoms with Crippen LogP contribution in [0.4, 0.5) is 0 Å². The zero-order chi connectivity index (χ0) is 13.1. The van der Waals surface area contributed by atoms with Gasteiger partial charge in [0.05, 0.1) is 5.54 Å². The lowest BCUT2D eigenvalue weighted by Gasteiger charge is -2.22. The van der Waals surface area contributed by atoms with Crippen molar-refractivity contribution >= 4 is 5.78 Å². The minimum absolute atomic E-state index is 0.132. The number of hydrogen-bond acceptors (Lipinski definition) is 2. The van der Waals surface area contributed by atoms with Gasteiger partial charge in [0, 0.05) is 6.42 Å². The Labute approximate surface area is 104 Å². The summed E-state index contributed by atoms with van der Waals surface area (Å²) < 4.78 is 0. The molecule has 0 saturated heterocycles. The predicted molar refractivity (Wildman–Crippen MR) is 72.1 cm³/mol. The molecule has 2 heteroatoms. The average molecular weight is 233 g/mol. The Balaban J connectivity index is 2.84. The molecule has 1 aromatic rings. The van der Waals surface area contributed by atoms with Gasteiger partial charge in [-0.25, -0.2) is 0 Å². The molecule has 2 N–H and O–H groups in total. The molecular formula is C15H23NO. The van der Waals surface area contributed by atoms with Crippen molar-refractivity contribution in [3.63, 3.8) is 0 Å². The normalized spacial score (nSPS) is 14.4. The van der Waals surface area contributed by atoms with E-state index in [0.29, 0.717) is 6.42 Å². The second-order valence-corrected chi connectivity index (χ2v) is 5.20. The molecule has 1 atom stereocenters. The molecule has 2 nitrogen and oxygen atoms in total. The number of carbonyl (C=O) groups is 1. The number of rotatable bonds is 5. The summed E-state index contributed by atoms with van der Waals surface area (Å²) >= 11 is 0. The van der Waals surface area contributed by atoms with E-state index >= 15 is 0 Å². The molecule has 1 unspecified atom stereocenters. The Morgan fingerprint density at radius 2 is 2.00 bits per heavy atom. The Kier molecular flexibility index (Phi) is 4.47. The lowest BCUT2D eigenvalue weighted by Crippen LogP contribution is -2.45. The monoisotopic (exact) mass is 233 g/mol. The first-order valence-corrected chi connectivity index (χ1v) is 6.25. The van der Waals surface area contributed by atoms with Gasteiger partial charge in [-0.2, -0.15) is 0 Å². The van der Waals surface area contributed by atoms with Gasteiger partial charge in [-0.05, 0) is 38.3 Å². The first-order chi connectivity index (χ1) is 7.86. The summed E-state index contributed by atoms with van der Waals surface area (Å²) in [4.78, 5) is 12.2. The largest absolute Gasteiger partial charge is 0.319 e. The summed E-state index contributed by atoms with van der Waals surface area (Å²) in [6, 6.07) is 6.21. The van der Waals surface area contributed by atoms with Crippen LogP contribution in [0.2, 0.25) is 0 Å². The maximum Gasteiger partial charge on any atom is 0.156 e. The fourth-order valence-corrected chi connectivity index (χ4v) is 2.02. The van der Waals surface area contributed by atoms with Crippen LogP contribution in [0.3, 0.4) is 0 Å². The smallest absolute Gasteiger partial charge is 0.156 e. The highest BCUT2D eigenvalue weighted by molar-refractivity contribution is 5.89. The Bertz CT molecular complexity index is 407. The minimum atomic E-state index is -0.690. The Morgan fingerprint density at radius 3 is 2.59 bits per heavy atom. The lowest BCUT2D eigenvalue weighted by atomic mass is 9.87. The van der Waals surface area contributed by atoms with Crippen LogP contribution in [0, 0.1) is 13.8 Å². The molecule has 0 radical (unpaired) electrons. The van der Waals surface area contributed by atoms with E-state index in [1.165, 1.54) is 5.56 Å². The van der Waals surface area contributed by atoms with Gasteiger partial charge in [-0.3, -0.25) is 4.79 Å². The first-order valence-electron chi connectivity index (χ1n) is 6.25. The van der Waals surface area contributed by atoms with E-state index in [0.717, 1.165) is 24.0 Å². The second kappa shape index (κ2) is 5.46. The van der Waals surface area contributed by atoms with Gasteiger partial charge in [-0.1, -0.05) is 37.1 Å². The molecule has 1 aromatic carbocycles. The highest BCUT2D eigenvalue weighted by Gasteiger charge is 2.27. The van der Waals surface area contributed by atoms with Crippen molar-refractivity contribution < 1.29 is 4.79 Å². The minimum Gasteiger partial charge on any atom is -0.319 e. The molecule has 0 saturated carbocycles. The summed E-state index contributed by atoms with van der Waals surface area (Å²) in [5.41, 5.74) is 8.82. The van der Waals surface area contributed by atoms with E-state index in [-0.39, 0.29) is 5.78 Å². The number of benzene rings is 1. The third-order valence-electron chi connectivity index (χ3n) is 3.26. The molecule has 0 spiro atoms. The summed E-state index contributed by atoms with van der Waals surface area (Å²) in [7, 11) is 0. The van der Waals surface area contributed by atoms with Crippen molar-refractivity contribution in [3.05, 3.63) is 34.9 Å². The molecule has 0 bridgehead atoms. The Morgan fingerprint density at radius 1 is 1.35 bits per heavy atom. The van der Waals surface area contributed by atoms with E-state index in [4.69, 9.17) is 5.73 Å². The maximum atomic E-state index is 12.2. The Hall–Kier alpha value is -1.15. The quantitative estimate of drug-likeness (QED) is 0.849. The number of carbonyl (C=O) groups excluding carboxylic acids is 1. The molecule has 0 heterocycles. The van der Waals surface area contributed by atoms with Crippen LogP contribution in [0.1, 0.15) is 43.4 Å². The summed E-state index contributed by atoms with van der Waals surface area (Å²) in [5, 5.41) is 0. The van der Waals surface area contributed by atoms with Crippen molar-refractivity contribution in [2.75, 3.05) is 0 Å². The van der Waals surface area contributed by atoms with E-state index in [9.17, 15) is 4.79 Å². The molecule has 17 heavy (non-hydrogen) atoms. The van der Waals surface area contributed by atoms with Gasteiger partial charge in [0.1, 0.15) is 0 Å². The fraction of sp³-hybridized carbons (Fsp3) is 0.533. The number of nitrogens with two attached hydrogens (primary N) is 1. The van der Waals surface area contributed by atoms with Crippen molar-refractivity contribution in [1.29, 1.82) is 0 Å². The van der Waals surface area contributed by atoms with Crippen molar-refractivity contribution in [1.82, 2.24) is 0 Å².